The van der Waals surface area contributed by atoms with E-state index >= 15 is 0 Å². The number of carbonyl (C=O) groups is 2. The fourth-order valence-corrected chi connectivity index (χ4v) is 8.19. The lowest BCUT2D eigenvalue weighted by Gasteiger charge is -2.44. The van der Waals surface area contributed by atoms with E-state index in [9.17, 15) is 14.9 Å². The van der Waals surface area contributed by atoms with Crippen LogP contribution >= 0.6 is 11.8 Å². The number of likely N-dealkylation sites (tertiary alicyclic amines) is 1. The number of amides is 2. The van der Waals surface area contributed by atoms with Gasteiger partial charge in [0.25, 0.3) is 0 Å². The Morgan fingerprint density at radius 1 is 1.20 bits per heavy atom. The fourth-order valence-electron chi connectivity index (χ4n) is 6.74. The summed E-state index contributed by atoms with van der Waals surface area (Å²) in [6.45, 7) is 5.40. The lowest BCUT2D eigenvalue weighted by Crippen LogP contribution is -2.56. The van der Waals surface area contributed by atoms with Crippen LogP contribution in [0.4, 0.5) is 0 Å². The fraction of sp³-hybridized carbons (Fsp3) is 0.880. The molecule has 3 N–H and O–H groups in total. The second kappa shape index (κ2) is 10.9. The number of nitrogens with one attached hydrogen (secondary N) is 3. The van der Waals surface area contributed by atoms with Crippen molar-refractivity contribution < 1.29 is 19.1 Å². The van der Waals surface area contributed by atoms with E-state index in [2.05, 4.69) is 28.9 Å². The third-order valence-corrected chi connectivity index (χ3v) is 10.2. The van der Waals surface area contributed by atoms with Gasteiger partial charge in [-0.05, 0) is 50.9 Å². The van der Waals surface area contributed by atoms with Crippen LogP contribution in [-0.2, 0) is 19.1 Å². The average molecular weight is 506 g/mol. The van der Waals surface area contributed by atoms with E-state index in [-0.39, 0.29) is 58.3 Å². The first-order valence-electron chi connectivity index (χ1n) is 13.2. The normalized spacial score (nSPS) is 42.0. The number of hydrogen-bond donors (Lipinski definition) is 3. The number of nitriles is 1. The molecule has 35 heavy (non-hydrogen) atoms. The molecular weight excluding hydrogens is 466 g/mol. The Labute approximate surface area is 212 Å². The van der Waals surface area contributed by atoms with Gasteiger partial charge in [-0.1, -0.05) is 0 Å². The summed E-state index contributed by atoms with van der Waals surface area (Å²) >= 11 is 1.74. The number of rotatable bonds is 5. The largest absolute Gasteiger partial charge is 0.381 e. The van der Waals surface area contributed by atoms with Gasteiger partial charge in [-0.2, -0.15) is 5.26 Å². The molecule has 0 aromatic heterocycles. The molecular formula is C25H39N5O4S. The Morgan fingerprint density at radius 3 is 2.74 bits per heavy atom. The van der Waals surface area contributed by atoms with Crippen LogP contribution < -0.4 is 16.0 Å². The summed E-state index contributed by atoms with van der Waals surface area (Å²) in [5, 5.41) is 20.2. The van der Waals surface area contributed by atoms with Crippen LogP contribution in [0.1, 0.15) is 39.0 Å². The number of methoxy groups -OCH3 is 1. The van der Waals surface area contributed by atoms with Gasteiger partial charge in [-0.3, -0.25) is 14.9 Å². The smallest absolute Gasteiger partial charge is 0.230 e. The predicted molar refractivity (Wildman–Crippen MR) is 132 cm³/mol. The Kier molecular flexibility index (Phi) is 7.90. The van der Waals surface area contributed by atoms with Crippen molar-refractivity contribution in [2.75, 3.05) is 40.0 Å². The molecule has 1 aliphatic carbocycles. The van der Waals surface area contributed by atoms with Crippen LogP contribution in [0.2, 0.25) is 0 Å². The predicted octanol–water partition coefficient (Wildman–Crippen LogP) is 0.908. The second-order valence-corrected chi connectivity index (χ2v) is 12.4. The highest BCUT2D eigenvalue weighted by molar-refractivity contribution is 8.00. The quantitative estimate of drug-likeness (QED) is 0.505. The molecule has 4 aliphatic heterocycles. The lowest BCUT2D eigenvalue weighted by molar-refractivity contribution is -0.150. The summed E-state index contributed by atoms with van der Waals surface area (Å²) in [6.07, 6.45) is 4.50. The first kappa shape index (κ1) is 25.3. The molecule has 4 heterocycles. The molecule has 0 aromatic rings. The average Bonchev–Trinajstić information content (AvgIpc) is 3.23. The summed E-state index contributed by atoms with van der Waals surface area (Å²) in [5.74, 6) is 0.631. The first-order valence-corrected chi connectivity index (χ1v) is 14.1. The topological polar surface area (TPSA) is 116 Å². The minimum Gasteiger partial charge on any atom is -0.381 e. The van der Waals surface area contributed by atoms with Crippen molar-refractivity contribution in [3.8, 4) is 6.07 Å². The number of carbonyl (C=O) groups excluding carboxylic acids is 2. The van der Waals surface area contributed by atoms with Crippen LogP contribution in [0.25, 0.3) is 0 Å². The molecule has 9 unspecified atom stereocenters. The SMILES string of the molecule is COC1CCC(C#N)CC1C1CC(C)NCC1C(=O)NC1NC2CCN(C(=O)C3COC3)CC2S1. The molecule has 5 fully saturated rings. The van der Waals surface area contributed by atoms with Gasteiger partial charge >= 0.3 is 0 Å². The lowest BCUT2D eigenvalue weighted by atomic mass is 9.66. The van der Waals surface area contributed by atoms with Gasteiger partial charge in [0.05, 0.1) is 37.2 Å². The molecule has 0 radical (unpaired) electrons. The summed E-state index contributed by atoms with van der Waals surface area (Å²) in [7, 11) is 1.76. The number of thioether (sulfide) groups is 1. The third-order valence-electron chi connectivity index (χ3n) is 8.84. The minimum absolute atomic E-state index is 0.0240. The van der Waals surface area contributed by atoms with Crippen molar-refractivity contribution >= 4 is 23.6 Å². The molecule has 2 amide bonds. The molecule has 194 valence electrons. The monoisotopic (exact) mass is 505 g/mol. The van der Waals surface area contributed by atoms with E-state index in [0.29, 0.717) is 31.8 Å². The van der Waals surface area contributed by atoms with Gasteiger partial charge in [-0.25, -0.2) is 0 Å². The Bertz CT molecular complexity index is 835. The number of fused-ring (bicyclic) bond motifs is 1. The van der Waals surface area contributed by atoms with Gasteiger partial charge in [0, 0.05) is 50.0 Å². The first-order chi connectivity index (χ1) is 17.0. The molecule has 0 aromatic carbocycles. The molecule has 4 saturated heterocycles. The zero-order valence-corrected chi connectivity index (χ0v) is 21.6. The summed E-state index contributed by atoms with van der Waals surface area (Å²) in [5.41, 5.74) is -0.143. The maximum atomic E-state index is 13.6. The number of hydrogen-bond acceptors (Lipinski definition) is 8. The van der Waals surface area contributed by atoms with E-state index in [4.69, 9.17) is 9.47 Å². The van der Waals surface area contributed by atoms with Crippen molar-refractivity contribution in [2.24, 2.45) is 29.6 Å². The zero-order valence-electron chi connectivity index (χ0n) is 20.8. The molecule has 0 spiro atoms. The van der Waals surface area contributed by atoms with Crippen molar-refractivity contribution in [3.63, 3.8) is 0 Å². The van der Waals surface area contributed by atoms with E-state index in [0.717, 1.165) is 45.2 Å². The molecule has 10 heteroatoms. The minimum atomic E-state index is -0.145. The van der Waals surface area contributed by atoms with Gasteiger partial charge in [0.15, 0.2) is 0 Å². The zero-order chi connectivity index (χ0) is 24.5. The van der Waals surface area contributed by atoms with E-state index < -0.39 is 0 Å². The summed E-state index contributed by atoms with van der Waals surface area (Å²) < 4.78 is 11.0. The summed E-state index contributed by atoms with van der Waals surface area (Å²) in [4.78, 5) is 28.2. The van der Waals surface area contributed by atoms with Crippen LogP contribution in [0.5, 0.6) is 0 Å². The van der Waals surface area contributed by atoms with Crippen LogP contribution in [0, 0.1) is 40.9 Å². The van der Waals surface area contributed by atoms with Gasteiger partial charge < -0.3 is 25.0 Å². The Balaban J connectivity index is 1.20. The number of piperidine rings is 2. The highest BCUT2D eigenvalue weighted by Gasteiger charge is 2.46. The van der Waals surface area contributed by atoms with Crippen LogP contribution in [-0.4, -0.2) is 85.6 Å². The molecule has 1 saturated carbocycles. The highest BCUT2D eigenvalue weighted by atomic mass is 32.2. The van der Waals surface area contributed by atoms with Crippen molar-refractivity contribution in [2.45, 2.75) is 68.0 Å². The molecule has 9 atom stereocenters. The van der Waals surface area contributed by atoms with Crippen LogP contribution in [0.15, 0.2) is 0 Å². The molecule has 5 rings (SSSR count). The maximum Gasteiger partial charge on any atom is 0.230 e. The van der Waals surface area contributed by atoms with Crippen molar-refractivity contribution in [1.29, 1.82) is 5.26 Å². The Hall–Kier alpha value is -1.38. The highest BCUT2D eigenvalue weighted by Crippen LogP contribution is 2.42. The van der Waals surface area contributed by atoms with E-state index in [1.165, 1.54) is 0 Å². The molecule has 5 aliphatic rings. The Morgan fingerprint density at radius 2 is 2.03 bits per heavy atom. The van der Waals surface area contributed by atoms with Crippen molar-refractivity contribution in [3.05, 3.63) is 0 Å². The van der Waals surface area contributed by atoms with Gasteiger partial charge in [0.1, 0.15) is 5.50 Å². The van der Waals surface area contributed by atoms with Gasteiger partial charge in [-0.15, -0.1) is 11.8 Å². The second-order valence-electron chi connectivity index (χ2n) is 11.0. The van der Waals surface area contributed by atoms with E-state index in [1.807, 2.05) is 4.90 Å². The third kappa shape index (κ3) is 5.35. The summed E-state index contributed by atoms with van der Waals surface area (Å²) in [6, 6.07) is 3.11. The molecule has 0 bridgehead atoms. The maximum absolute atomic E-state index is 13.6. The number of nitrogens with zero attached hydrogens (tertiary/aromatic N) is 2. The van der Waals surface area contributed by atoms with Crippen molar-refractivity contribution in [1.82, 2.24) is 20.9 Å². The molecule has 9 nitrogen and oxygen atoms in total. The van der Waals surface area contributed by atoms with E-state index in [1.54, 1.807) is 18.9 Å². The van der Waals surface area contributed by atoms with Crippen LogP contribution in [0.3, 0.4) is 0 Å². The number of ether oxygens (including phenoxy) is 2. The van der Waals surface area contributed by atoms with Gasteiger partial charge in [0.2, 0.25) is 11.8 Å². The standard InChI is InChI=1S/C25H39N5O4S/c1-14-7-17(18-8-15(9-26)3-4-21(18)33-2)19(10-27-14)23(31)29-25-28-20-5-6-30(11-22(20)35-25)24(32)16-12-34-13-16/h14-22,25,27-28H,3-8,10-13H2,1-2H3,(H,29,31).